The summed E-state index contributed by atoms with van der Waals surface area (Å²) in [5, 5.41) is 12.3. The van der Waals surface area contributed by atoms with E-state index in [0.717, 1.165) is 36.2 Å². The van der Waals surface area contributed by atoms with Gasteiger partial charge in [-0.3, -0.25) is 9.69 Å². The van der Waals surface area contributed by atoms with Crippen molar-refractivity contribution in [2.24, 2.45) is 5.14 Å². The highest BCUT2D eigenvalue weighted by atomic mass is 32.2. The zero-order valence-electron chi connectivity index (χ0n) is 26.5. The molecule has 1 saturated heterocycles. The van der Waals surface area contributed by atoms with E-state index in [1.807, 2.05) is 6.07 Å². The Balaban J connectivity index is 1.48. The van der Waals surface area contributed by atoms with E-state index in [-0.39, 0.29) is 41.0 Å². The molecule has 4 rings (SSSR count). The maximum Gasteiger partial charge on any atom is 0.406 e. The van der Waals surface area contributed by atoms with Crippen LogP contribution in [0.1, 0.15) is 31.9 Å². The minimum absolute atomic E-state index is 0.0468. The second kappa shape index (κ2) is 15.7. The molecule has 1 unspecified atom stereocenters. The summed E-state index contributed by atoms with van der Waals surface area (Å²) in [6, 6.07) is 11.0. The van der Waals surface area contributed by atoms with Gasteiger partial charge in [-0.25, -0.2) is 13.6 Å². The fourth-order valence-electron chi connectivity index (χ4n) is 5.48. The lowest BCUT2D eigenvalue weighted by molar-refractivity contribution is -0.152. The number of hydrogen-bond donors (Lipinski definition) is 3. The smallest absolute Gasteiger partial charge is 0.406 e. The summed E-state index contributed by atoms with van der Waals surface area (Å²) in [7, 11) is -0.993. The Labute approximate surface area is 272 Å². The number of rotatable bonds is 13. The number of carbonyl (C=O) groups excluding carboxylic acids is 1. The first kappa shape index (κ1) is 35.9. The highest BCUT2D eigenvalue weighted by molar-refractivity contribution is 7.89. The van der Waals surface area contributed by atoms with Crippen molar-refractivity contribution in [2.75, 3.05) is 57.6 Å². The highest BCUT2D eigenvalue weighted by Crippen LogP contribution is 2.32. The van der Waals surface area contributed by atoms with E-state index in [1.165, 1.54) is 25.3 Å². The van der Waals surface area contributed by atoms with Crippen LogP contribution in [0, 0.1) is 11.8 Å². The molecular formula is C32H40F3N5O6S. The number of benzene rings is 2. The topological polar surface area (TPSA) is 137 Å². The molecule has 1 aliphatic rings. The van der Waals surface area contributed by atoms with Gasteiger partial charge in [0.05, 0.1) is 42.1 Å². The lowest BCUT2D eigenvalue weighted by Crippen LogP contribution is -2.44. The molecule has 1 aromatic heterocycles. The van der Waals surface area contributed by atoms with Crippen LogP contribution in [0.2, 0.25) is 0 Å². The van der Waals surface area contributed by atoms with Gasteiger partial charge in [0.1, 0.15) is 18.4 Å². The first-order valence-electron chi connectivity index (χ1n) is 15.1. The third kappa shape index (κ3) is 10.0. The van der Waals surface area contributed by atoms with Gasteiger partial charge in [0, 0.05) is 56.3 Å². The molecule has 0 saturated carbocycles. The molecule has 1 fully saturated rings. The number of primary sulfonamides is 1. The van der Waals surface area contributed by atoms with E-state index in [0.29, 0.717) is 36.2 Å². The van der Waals surface area contributed by atoms with Gasteiger partial charge < -0.3 is 29.4 Å². The number of methoxy groups -OCH3 is 2. The molecule has 2 heterocycles. The standard InChI is InChI=1S/C32H40F3N5O6S/c1-4-31(41)46-24(20-44-2)19-39-15-12-22(13-16-39)38-27-8-5-9-29-26(27)17-23(40(29)21-32(33,34)35)7-6-14-37-28-11-10-25(47(36,42)43)18-30(28)45-3/h5,8-11,17-18,22,24,37-38H,4,12-16,19-21H2,1-3H3,(H2,36,42,43). The number of carbonyl (C=O) groups is 1. The Morgan fingerprint density at radius 1 is 1.13 bits per heavy atom. The molecule has 3 aromatic rings. The number of alkyl halides is 3. The predicted molar refractivity (Wildman–Crippen MR) is 173 cm³/mol. The number of fused-ring (bicyclic) bond motifs is 1. The summed E-state index contributed by atoms with van der Waals surface area (Å²) < 4.78 is 81.4. The van der Waals surface area contributed by atoms with Gasteiger partial charge in [0.25, 0.3) is 0 Å². The number of ether oxygens (including phenoxy) is 3. The van der Waals surface area contributed by atoms with E-state index in [2.05, 4.69) is 27.4 Å². The lowest BCUT2D eigenvalue weighted by atomic mass is 10.0. The maximum atomic E-state index is 13.7. The van der Waals surface area contributed by atoms with Gasteiger partial charge in [-0.1, -0.05) is 18.9 Å². The first-order valence-corrected chi connectivity index (χ1v) is 16.7. The number of nitrogens with one attached hydrogen (secondary N) is 2. The van der Waals surface area contributed by atoms with E-state index in [9.17, 15) is 26.4 Å². The minimum atomic E-state index is -4.47. The Kier molecular flexibility index (Phi) is 12.0. The van der Waals surface area contributed by atoms with E-state index < -0.39 is 22.7 Å². The molecule has 1 atom stereocenters. The highest BCUT2D eigenvalue weighted by Gasteiger charge is 2.30. The Morgan fingerprint density at radius 3 is 2.51 bits per heavy atom. The van der Waals surface area contributed by atoms with Crippen LogP contribution in [0.25, 0.3) is 10.9 Å². The molecule has 11 nitrogen and oxygen atoms in total. The molecule has 4 N–H and O–H groups in total. The number of anilines is 2. The van der Waals surface area contributed by atoms with Gasteiger partial charge >= 0.3 is 12.1 Å². The van der Waals surface area contributed by atoms with E-state index in [1.54, 1.807) is 32.2 Å². The summed E-state index contributed by atoms with van der Waals surface area (Å²) in [5.74, 6) is 5.68. The molecule has 1 aliphatic heterocycles. The summed E-state index contributed by atoms with van der Waals surface area (Å²) >= 11 is 0. The second-order valence-corrected chi connectivity index (χ2v) is 12.7. The molecular weight excluding hydrogens is 639 g/mol. The van der Waals surface area contributed by atoms with E-state index >= 15 is 0 Å². The van der Waals surface area contributed by atoms with Crippen molar-refractivity contribution in [1.29, 1.82) is 0 Å². The first-order chi connectivity index (χ1) is 22.3. The summed E-state index contributed by atoms with van der Waals surface area (Å²) in [4.78, 5) is 13.9. The van der Waals surface area contributed by atoms with Crippen LogP contribution in [-0.4, -0.2) is 89.2 Å². The fourth-order valence-corrected chi connectivity index (χ4v) is 6.01. The van der Waals surface area contributed by atoms with Crippen molar-refractivity contribution in [3.05, 3.63) is 48.2 Å². The monoisotopic (exact) mass is 679 g/mol. The van der Waals surface area contributed by atoms with Crippen molar-refractivity contribution in [1.82, 2.24) is 9.47 Å². The third-order valence-corrected chi connectivity index (χ3v) is 8.63. The van der Waals surface area contributed by atoms with Crippen LogP contribution in [0.5, 0.6) is 5.75 Å². The maximum absolute atomic E-state index is 13.7. The largest absolute Gasteiger partial charge is 0.495 e. The van der Waals surface area contributed by atoms with Crippen molar-refractivity contribution in [2.45, 2.75) is 55.9 Å². The molecule has 0 amide bonds. The summed E-state index contributed by atoms with van der Waals surface area (Å²) in [6.07, 6.45) is -2.95. The Bertz CT molecular complexity index is 1710. The minimum Gasteiger partial charge on any atom is -0.495 e. The Morgan fingerprint density at radius 2 is 1.87 bits per heavy atom. The van der Waals surface area contributed by atoms with Gasteiger partial charge in [-0.05, 0) is 49.1 Å². The second-order valence-electron chi connectivity index (χ2n) is 11.2. The molecule has 2 aromatic carbocycles. The number of piperidine rings is 1. The number of nitrogens with two attached hydrogens (primary N) is 1. The van der Waals surface area contributed by atoms with Gasteiger partial charge in [0.2, 0.25) is 10.0 Å². The average molecular weight is 680 g/mol. The average Bonchev–Trinajstić information content (AvgIpc) is 3.36. The fraction of sp³-hybridized carbons (Fsp3) is 0.469. The zero-order valence-corrected chi connectivity index (χ0v) is 27.3. The van der Waals surface area contributed by atoms with Crippen LogP contribution in [0.4, 0.5) is 24.5 Å². The van der Waals surface area contributed by atoms with Crippen molar-refractivity contribution in [3.8, 4) is 17.6 Å². The van der Waals surface area contributed by atoms with Crippen molar-refractivity contribution >= 4 is 38.3 Å². The zero-order chi connectivity index (χ0) is 34.2. The molecule has 256 valence electrons. The van der Waals surface area contributed by atoms with Crippen molar-refractivity contribution in [3.63, 3.8) is 0 Å². The lowest BCUT2D eigenvalue weighted by Gasteiger charge is -2.34. The SMILES string of the molecule is CCC(=O)OC(COC)CN1CCC(Nc2cccc3c2cc(C#CCNc2ccc(S(N)(=O)=O)cc2OC)n3CC(F)(F)F)CC1. The van der Waals surface area contributed by atoms with Crippen molar-refractivity contribution < 1.29 is 40.6 Å². The van der Waals surface area contributed by atoms with Crippen LogP contribution >= 0.6 is 0 Å². The van der Waals surface area contributed by atoms with Crippen LogP contribution < -0.4 is 20.5 Å². The number of sulfonamides is 1. The predicted octanol–water partition coefficient (Wildman–Crippen LogP) is 4.17. The van der Waals surface area contributed by atoms with Crippen LogP contribution in [0.15, 0.2) is 47.4 Å². The number of halogens is 3. The molecule has 0 bridgehead atoms. The summed E-state index contributed by atoms with van der Waals surface area (Å²) in [5.41, 5.74) is 1.77. The third-order valence-electron chi connectivity index (χ3n) is 7.72. The summed E-state index contributed by atoms with van der Waals surface area (Å²) in [6.45, 7) is 2.97. The number of esters is 1. The number of nitrogens with zero attached hydrogens (tertiary/aromatic N) is 2. The Hall–Kier alpha value is -3.97. The van der Waals surface area contributed by atoms with Gasteiger partial charge in [0.15, 0.2) is 0 Å². The van der Waals surface area contributed by atoms with Gasteiger partial charge in [-0.15, -0.1) is 0 Å². The van der Waals surface area contributed by atoms with Crippen LogP contribution in [0.3, 0.4) is 0 Å². The van der Waals surface area contributed by atoms with Gasteiger partial charge in [-0.2, -0.15) is 13.2 Å². The van der Waals surface area contributed by atoms with E-state index in [4.69, 9.17) is 19.3 Å². The molecule has 0 radical (unpaired) electrons. The molecule has 15 heteroatoms. The number of aromatic nitrogens is 1. The molecule has 0 spiro atoms. The quantitative estimate of drug-likeness (QED) is 0.180. The number of likely N-dealkylation sites (tertiary alicyclic amines) is 1. The van der Waals surface area contributed by atoms with Crippen LogP contribution in [-0.2, 0) is 30.8 Å². The normalized spacial score (nSPS) is 15.1. The molecule has 47 heavy (non-hydrogen) atoms. The molecule has 0 aliphatic carbocycles. The number of hydrogen-bond acceptors (Lipinski definition) is 9.